The highest BCUT2D eigenvalue weighted by Gasteiger charge is 2.50. The molecule has 0 aliphatic carbocycles. The molecule has 0 aromatic rings. The summed E-state index contributed by atoms with van der Waals surface area (Å²) in [6.45, 7) is 3.89. The van der Waals surface area contributed by atoms with Gasteiger partial charge < -0.3 is 10.1 Å². The number of rotatable bonds is 7. The first-order valence-electron chi connectivity index (χ1n) is 6.70. The number of esters is 1. The van der Waals surface area contributed by atoms with Crippen LogP contribution in [-0.4, -0.2) is 36.6 Å². The van der Waals surface area contributed by atoms with E-state index in [2.05, 4.69) is 4.74 Å². The molecule has 130 valence electrons. The van der Waals surface area contributed by atoms with Crippen LogP contribution in [0.2, 0.25) is 0 Å². The molecule has 0 saturated heterocycles. The Balaban J connectivity index is 4.97. The van der Waals surface area contributed by atoms with Crippen LogP contribution < -0.4 is 5.32 Å². The lowest BCUT2D eigenvalue weighted by Crippen LogP contribution is -2.55. The van der Waals surface area contributed by atoms with Crippen molar-refractivity contribution in [3.63, 3.8) is 0 Å². The van der Waals surface area contributed by atoms with E-state index in [4.69, 9.17) is 0 Å². The summed E-state index contributed by atoms with van der Waals surface area (Å²) < 4.78 is 67.0. The molecule has 0 bridgehead atoms. The molecule has 0 radical (unpaired) electrons. The normalized spacial score (nSPS) is 14.4. The highest BCUT2D eigenvalue weighted by Crippen LogP contribution is 2.27. The molecule has 0 rings (SSSR count). The second-order valence-corrected chi connectivity index (χ2v) is 5.49. The smallest absolute Gasteiger partial charge is 0.422 e. The minimum absolute atomic E-state index is 0.348. The zero-order chi connectivity index (χ0) is 17.8. The molecule has 22 heavy (non-hydrogen) atoms. The SMILES string of the molecule is CCC(NC(=O)C(C)(C)CC)C(F)(F)C(=O)OCC(F)(F)F. The molecular formula is C13H20F5NO3. The summed E-state index contributed by atoms with van der Waals surface area (Å²) in [7, 11) is 0. The second kappa shape index (κ2) is 7.23. The quantitative estimate of drug-likeness (QED) is 0.575. The third kappa shape index (κ3) is 5.76. The van der Waals surface area contributed by atoms with Gasteiger partial charge in [-0.25, -0.2) is 4.79 Å². The number of alkyl halides is 5. The maximum atomic E-state index is 13.9. The van der Waals surface area contributed by atoms with E-state index >= 15 is 0 Å². The van der Waals surface area contributed by atoms with Crippen LogP contribution in [0.25, 0.3) is 0 Å². The minimum Gasteiger partial charge on any atom is -0.452 e. The monoisotopic (exact) mass is 333 g/mol. The van der Waals surface area contributed by atoms with Gasteiger partial charge in [-0.2, -0.15) is 22.0 Å². The van der Waals surface area contributed by atoms with Crippen molar-refractivity contribution in [2.75, 3.05) is 6.61 Å². The Bertz CT molecular complexity index is 407. The molecule has 1 unspecified atom stereocenters. The van der Waals surface area contributed by atoms with Crippen molar-refractivity contribution < 1.29 is 36.3 Å². The van der Waals surface area contributed by atoms with E-state index in [1.807, 2.05) is 5.32 Å². The number of amides is 1. The molecule has 0 aromatic carbocycles. The highest BCUT2D eigenvalue weighted by atomic mass is 19.4. The summed E-state index contributed by atoms with van der Waals surface area (Å²) in [6.07, 6.45) is -4.89. The summed E-state index contributed by atoms with van der Waals surface area (Å²) in [5.41, 5.74) is -0.945. The molecule has 0 spiro atoms. The Morgan fingerprint density at radius 2 is 1.59 bits per heavy atom. The van der Waals surface area contributed by atoms with Crippen LogP contribution in [0.4, 0.5) is 22.0 Å². The Hall–Kier alpha value is -1.41. The van der Waals surface area contributed by atoms with Gasteiger partial charge in [-0.3, -0.25) is 4.79 Å². The average Bonchev–Trinajstić information content (AvgIpc) is 2.40. The summed E-state index contributed by atoms with van der Waals surface area (Å²) in [6, 6.07) is -1.94. The lowest BCUT2D eigenvalue weighted by molar-refractivity contribution is -0.206. The van der Waals surface area contributed by atoms with Gasteiger partial charge >= 0.3 is 18.1 Å². The van der Waals surface area contributed by atoms with Crippen molar-refractivity contribution in [2.24, 2.45) is 5.41 Å². The molecule has 1 atom stereocenters. The zero-order valence-electron chi connectivity index (χ0n) is 12.8. The largest absolute Gasteiger partial charge is 0.452 e. The van der Waals surface area contributed by atoms with Crippen molar-refractivity contribution in [2.45, 2.75) is 58.7 Å². The fraction of sp³-hybridized carbons (Fsp3) is 0.846. The molecule has 0 heterocycles. The molecule has 0 saturated carbocycles. The molecule has 1 N–H and O–H groups in total. The minimum atomic E-state index is -4.90. The first-order valence-corrected chi connectivity index (χ1v) is 6.70. The summed E-state index contributed by atoms with van der Waals surface area (Å²) in [4.78, 5) is 23.1. The number of hydrogen-bond acceptors (Lipinski definition) is 3. The third-order valence-electron chi connectivity index (χ3n) is 3.29. The molecule has 0 aliphatic heterocycles. The fourth-order valence-corrected chi connectivity index (χ4v) is 1.35. The average molecular weight is 333 g/mol. The van der Waals surface area contributed by atoms with Crippen molar-refractivity contribution in [3.8, 4) is 0 Å². The summed E-state index contributed by atoms with van der Waals surface area (Å²) >= 11 is 0. The van der Waals surface area contributed by atoms with Crippen molar-refractivity contribution >= 4 is 11.9 Å². The maximum Gasteiger partial charge on any atom is 0.422 e. The number of carbonyl (C=O) groups excluding carboxylic acids is 2. The first-order chi connectivity index (χ1) is 9.78. The standard InChI is InChI=1S/C13H20F5NO3/c1-5-8(19-9(20)11(3,4)6-2)13(17,18)10(21)22-7-12(14,15)16/h8H,5-7H2,1-4H3,(H,19,20). The number of hydrogen-bond donors (Lipinski definition) is 1. The molecule has 0 aliphatic rings. The van der Waals surface area contributed by atoms with E-state index < -0.39 is 42.0 Å². The molecule has 0 aromatic heterocycles. The first kappa shape index (κ1) is 20.6. The van der Waals surface area contributed by atoms with Gasteiger partial charge in [0.15, 0.2) is 6.61 Å². The third-order valence-corrected chi connectivity index (χ3v) is 3.29. The second-order valence-electron chi connectivity index (χ2n) is 5.49. The Morgan fingerprint density at radius 1 is 1.09 bits per heavy atom. The fourth-order valence-electron chi connectivity index (χ4n) is 1.35. The van der Waals surface area contributed by atoms with Crippen molar-refractivity contribution in [3.05, 3.63) is 0 Å². The van der Waals surface area contributed by atoms with E-state index in [0.717, 1.165) is 0 Å². The number of nitrogens with one attached hydrogen (secondary N) is 1. The molecule has 0 fully saturated rings. The number of ether oxygens (including phenoxy) is 1. The Morgan fingerprint density at radius 3 is 1.95 bits per heavy atom. The predicted molar refractivity (Wildman–Crippen MR) is 68.3 cm³/mol. The maximum absolute atomic E-state index is 13.9. The lowest BCUT2D eigenvalue weighted by atomic mass is 9.88. The van der Waals surface area contributed by atoms with Gasteiger partial charge in [0.05, 0.1) is 0 Å². The van der Waals surface area contributed by atoms with E-state index in [9.17, 15) is 31.5 Å². The van der Waals surface area contributed by atoms with Gasteiger partial charge in [0.25, 0.3) is 0 Å². The van der Waals surface area contributed by atoms with Gasteiger partial charge in [-0.1, -0.05) is 27.7 Å². The van der Waals surface area contributed by atoms with Crippen LogP contribution in [0.1, 0.15) is 40.5 Å². The number of halogens is 5. The van der Waals surface area contributed by atoms with Gasteiger partial charge in [0, 0.05) is 5.41 Å². The van der Waals surface area contributed by atoms with E-state index in [-0.39, 0.29) is 6.42 Å². The zero-order valence-corrected chi connectivity index (χ0v) is 12.8. The summed E-state index contributed by atoms with van der Waals surface area (Å²) in [5, 5.41) is 2.01. The van der Waals surface area contributed by atoms with Gasteiger partial charge in [-0.15, -0.1) is 0 Å². The van der Waals surface area contributed by atoms with Crippen molar-refractivity contribution in [1.29, 1.82) is 0 Å². The predicted octanol–water partition coefficient (Wildman–Crippen LogP) is 3.06. The highest BCUT2D eigenvalue weighted by molar-refractivity contribution is 5.84. The lowest BCUT2D eigenvalue weighted by Gasteiger charge is -2.29. The van der Waals surface area contributed by atoms with Crippen LogP contribution in [0.5, 0.6) is 0 Å². The molecule has 4 nitrogen and oxygen atoms in total. The van der Waals surface area contributed by atoms with Crippen molar-refractivity contribution in [1.82, 2.24) is 5.32 Å². The van der Waals surface area contributed by atoms with Crippen LogP contribution >= 0.6 is 0 Å². The van der Waals surface area contributed by atoms with E-state index in [0.29, 0.717) is 6.42 Å². The Kier molecular flexibility index (Phi) is 6.77. The van der Waals surface area contributed by atoms with Gasteiger partial charge in [0.1, 0.15) is 6.04 Å². The van der Waals surface area contributed by atoms with E-state index in [1.54, 1.807) is 6.92 Å². The molecular weight excluding hydrogens is 313 g/mol. The number of carbonyl (C=O) groups is 2. The van der Waals surface area contributed by atoms with Crippen LogP contribution in [0.15, 0.2) is 0 Å². The van der Waals surface area contributed by atoms with Crippen LogP contribution in [-0.2, 0) is 14.3 Å². The Labute approximate surface area is 125 Å². The summed E-state index contributed by atoms with van der Waals surface area (Å²) in [5.74, 6) is -7.28. The van der Waals surface area contributed by atoms with Crippen LogP contribution in [0, 0.1) is 5.41 Å². The topological polar surface area (TPSA) is 55.4 Å². The van der Waals surface area contributed by atoms with E-state index in [1.165, 1.54) is 20.8 Å². The van der Waals surface area contributed by atoms with Crippen LogP contribution in [0.3, 0.4) is 0 Å². The molecule has 9 heteroatoms. The molecule has 1 amide bonds. The van der Waals surface area contributed by atoms with Gasteiger partial charge in [0.2, 0.25) is 5.91 Å². The van der Waals surface area contributed by atoms with Gasteiger partial charge in [-0.05, 0) is 12.8 Å².